The summed E-state index contributed by atoms with van der Waals surface area (Å²) >= 11 is 3.38. The van der Waals surface area contributed by atoms with Gasteiger partial charge in [0, 0.05) is 0 Å². The van der Waals surface area contributed by atoms with Gasteiger partial charge < -0.3 is 15.2 Å². The van der Waals surface area contributed by atoms with Crippen LogP contribution in [-0.4, -0.2) is 29.8 Å². The molecule has 0 amide bonds. The molecular formula is C10H14BrN3O2. The smallest absolute Gasteiger partial charge is 0.162 e. The molecular weight excluding hydrogens is 274 g/mol. The van der Waals surface area contributed by atoms with E-state index in [0.29, 0.717) is 31.5 Å². The topological polar surface area (TPSA) is 70.3 Å². The van der Waals surface area contributed by atoms with Crippen molar-refractivity contribution in [2.24, 2.45) is 0 Å². The summed E-state index contributed by atoms with van der Waals surface area (Å²) in [7, 11) is 0. The molecule has 0 aromatic carbocycles. The maximum Gasteiger partial charge on any atom is 0.162 e. The second kappa shape index (κ2) is 5.07. The van der Waals surface area contributed by atoms with E-state index in [9.17, 15) is 0 Å². The number of halogens is 1. The van der Waals surface area contributed by atoms with Gasteiger partial charge in [0.05, 0.1) is 30.0 Å². The van der Waals surface area contributed by atoms with E-state index in [0.717, 1.165) is 16.6 Å². The Morgan fingerprint density at radius 1 is 1.44 bits per heavy atom. The standard InChI is InChI=1S/C10H14BrN3O2/c1-2-6-8(11)9(12)14-10(13-6)7-5-15-3-4-16-7/h7H,2-5H2,1H3,(H2,12,13,14). The number of hydrogen-bond donors (Lipinski definition) is 1. The highest BCUT2D eigenvalue weighted by atomic mass is 79.9. The molecule has 0 radical (unpaired) electrons. The Balaban J connectivity index is 2.29. The molecule has 1 aromatic rings. The van der Waals surface area contributed by atoms with Gasteiger partial charge in [0.25, 0.3) is 0 Å². The van der Waals surface area contributed by atoms with Crippen molar-refractivity contribution in [1.82, 2.24) is 9.97 Å². The van der Waals surface area contributed by atoms with E-state index in [1.165, 1.54) is 0 Å². The fourth-order valence-corrected chi connectivity index (χ4v) is 2.01. The zero-order valence-electron chi connectivity index (χ0n) is 9.07. The van der Waals surface area contributed by atoms with Crippen LogP contribution in [0.1, 0.15) is 24.5 Å². The number of nitrogens with zero attached hydrogens (tertiary/aromatic N) is 2. The van der Waals surface area contributed by atoms with Crippen molar-refractivity contribution in [2.75, 3.05) is 25.6 Å². The minimum Gasteiger partial charge on any atom is -0.383 e. The first-order valence-corrected chi connectivity index (χ1v) is 6.02. The molecule has 1 aliphatic heterocycles. The first kappa shape index (κ1) is 11.8. The Morgan fingerprint density at radius 3 is 2.88 bits per heavy atom. The summed E-state index contributed by atoms with van der Waals surface area (Å²) in [5, 5.41) is 0. The average Bonchev–Trinajstić information content (AvgIpc) is 2.33. The number of hydrogen-bond acceptors (Lipinski definition) is 5. The van der Waals surface area contributed by atoms with Gasteiger partial charge in [0.15, 0.2) is 5.82 Å². The molecule has 1 atom stereocenters. The fourth-order valence-electron chi connectivity index (χ4n) is 1.55. The molecule has 6 heteroatoms. The summed E-state index contributed by atoms with van der Waals surface area (Å²) in [6.45, 7) is 3.72. The van der Waals surface area contributed by atoms with E-state index in [1.807, 2.05) is 6.92 Å². The molecule has 2 rings (SSSR count). The molecule has 2 N–H and O–H groups in total. The van der Waals surface area contributed by atoms with Crippen molar-refractivity contribution >= 4 is 21.7 Å². The van der Waals surface area contributed by atoms with E-state index >= 15 is 0 Å². The number of aryl methyl sites for hydroxylation is 1. The summed E-state index contributed by atoms with van der Waals surface area (Å²) in [4.78, 5) is 8.65. The molecule has 1 aliphatic rings. The third kappa shape index (κ3) is 2.34. The van der Waals surface area contributed by atoms with Crippen LogP contribution in [0.25, 0.3) is 0 Å². The molecule has 88 valence electrons. The van der Waals surface area contributed by atoms with Gasteiger partial charge in [-0.25, -0.2) is 9.97 Å². The lowest BCUT2D eigenvalue weighted by atomic mass is 10.2. The van der Waals surface area contributed by atoms with E-state index in [2.05, 4.69) is 25.9 Å². The van der Waals surface area contributed by atoms with Crippen molar-refractivity contribution in [2.45, 2.75) is 19.4 Å². The number of rotatable bonds is 2. The van der Waals surface area contributed by atoms with Crippen molar-refractivity contribution in [3.63, 3.8) is 0 Å². The predicted molar refractivity (Wildman–Crippen MR) is 63.0 cm³/mol. The first-order chi connectivity index (χ1) is 7.72. The van der Waals surface area contributed by atoms with Gasteiger partial charge in [-0.3, -0.25) is 0 Å². The largest absolute Gasteiger partial charge is 0.383 e. The van der Waals surface area contributed by atoms with Crippen LogP contribution in [0.4, 0.5) is 5.82 Å². The summed E-state index contributed by atoms with van der Waals surface area (Å²) in [5.74, 6) is 1.06. The van der Waals surface area contributed by atoms with Crippen molar-refractivity contribution in [3.05, 3.63) is 16.0 Å². The molecule has 0 spiro atoms. The lowest BCUT2D eigenvalue weighted by Gasteiger charge is -2.22. The summed E-state index contributed by atoms with van der Waals surface area (Å²) in [6.07, 6.45) is 0.600. The van der Waals surface area contributed by atoms with Gasteiger partial charge in [0.1, 0.15) is 11.9 Å². The summed E-state index contributed by atoms with van der Waals surface area (Å²) < 4.78 is 11.6. The van der Waals surface area contributed by atoms with Crippen LogP contribution < -0.4 is 5.73 Å². The summed E-state index contributed by atoms with van der Waals surface area (Å²) in [6, 6.07) is 0. The second-order valence-electron chi connectivity index (χ2n) is 3.52. The van der Waals surface area contributed by atoms with Gasteiger partial charge in [-0.05, 0) is 22.4 Å². The molecule has 5 nitrogen and oxygen atoms in total. The van der Waals surface area contributed by atoms with E-state index < -0.39 is 0 Å². The lowest BCUT2D eigenvalue weighted by Crippen LogP contribution is -2.24. The van der Waals surface area contributed by atoms with Crippen LogP contribution in [0, 0.1) is 0 Å². The maximum atomic E-state index is 5.81. The zero-order valence-corrected chi connectivity index (χ0v) is 10.7. The molecule has 1 fully saturated rings. The van der Waals surface area contributed by atoms with Gasteiger partial charge in [-0.2, -0.15) is 0 Å². The van der Waals surface area contributed by atoms with Gasteiger partial charge in [0.2, 0.25) is 0 Å². The summed E-state index contributed by atoms with van der Waals surface area (Å²) in [5.41, 5.74) is 6.71. The Bertz CT molecular complexity index is 381. The van der Waals surface area contributed by atoms with Gasteiger partial charge >= 0.3 is 0 Å². The molecule has 1 unspecified atom stereocenters. The third-order valence-electron chi connectivity index (χ3n) is 2.40. The number of nitrogens with two attached hydrogens (primary N) is 1. The quantitative estimate of drug-likeness (QED) is 0.892. The fraction of sp³-hybridized carbons (Fsp3) is 0.600. The Kier molecular flexibility index (Phi) is 3.73. The van der Waals surface area contributed by atoms with Crippen molar-refractivity contribution < 1.29 is 9.47 Å². The maximum absolute atomic E-state index is 5.81. The minimum absolute atomic E-state index is 0.200. The zero-order chi connectivity index (χ0) is 11.5. The Hall–Kier alpha value is -0.720. The van der Waals surface area contributed by atoms with Crippen LogP contribution in [0.15, 0.2) is 4.47 Å². The Labute approximate surface area is 102 Å². The van der Waals surface area contributed by atoms with Crippen LogP contribution in [-0.2, 0) is 15.9 Å². The molecule has 0 saturated carbocycles. The van der Waals surface area contributed by atoms with Gasteiger partial charge in [-0.1, -0.05) is 6.92 Å². The molecule has 2 heterocycles. The molecule has 16 heavy (non-hydrogen) atoms. The van der Waals surface area contributed by atoms with Crippen LogP contribution in [0.3, 0.4) is 0 Å². The van der Waals surface area contributed by atoms with Crippen molar-refractivity contribution in [1.29, 1.82) is 0 Å². The first-order valence-electron chi connectivity index (χ1n) is 5.23. The number of aromatic nitrogens is 2. The van der Waals surface area contributed by atoms with E-state index in [1.54, 1.807) is 0 Å². The second-order valence-corrected chi connectivity index (χ2v) is 4.31. The highest BCUT2D eigenvalue weighted by Crippen LogP contribution is 2.25. The number of nitrogen functional groups attached to an aromatic ring is 1. The van der Waals surface area contributed by atoms with Crippen molar-refractivity contribution in [3.8, 4) is 0 Å². The molecule has 1 saturated heterocycles. The third-order valence-corrected chi connectivity index (χ3v) is 3.27. The normalized spacial score (nSPS) is 21.0. The van der Waals surface area contributed by atoms with Crippen LogP contribution in [0.5, 0.6) is 0 Å². The Morgan fingerprint density at radius 2 is 2.25 bits per heavy atom. The average molecular weight is 288 g/mol. The SMILES string of the molecule is CCc1nc(C2COCCO2)nc(N)c1Br. The highest BCUT2D eigenvalue weighted by molar-refractivity contribution is 9.10. The predicted octanol–water partition coefficient (Wildman–Crippen LogP) is 1.47. The van der Waals surface area contributed by atoms with Gasteiger partial charge in [-0.15, -0.1) is 0 Å². The molecule has 0 bridgehead atoms. The highest BCUT2D eigenvalue weighted by Gasteiger charge is 2.21. The van der Waals surface area contributed by atoms with E-state index in [-0.39, 0.29) is 6.10 Å². The monoisotopic (exact) mass is 287 g/mol. The molecule has 0 aliphatic carbocycles. The lowest BCUT2D eigenvalue weighted by molar-refractivity contribution is -0.0935. The van der Waals surface area contributed by atoms with E-state index in [4.69, 9.17) is 15.2 Å². The number of ether oxygens (including phenoxy) is 2. The minimum atomic E-state index is -0.200. The van der Waals surface area contributed by atoms with Crippen LogP contribution in [0.2, 0.25) is 0 Å². The number of anilines is 1. The van der Waals surface area contributed by atoms with Crippen LogP contribution >= 0.6 is 15.9 Å². The molecule has 1 aromatic heterocycles.